The number of aromatic amines is 1. The molecule has 0 radical (unpaired) electrons. The molecule has 1 unspecified atom stereocenters. The van der Waals surface area contributed by atoms with Crippen molar-refractivity contribution in [1.29, 1.82) is 0 Å². The van der Waals surface area contributed by atoms with Crippen molar-refractivity contribution in [1.82, 2.24) is 20.3 Å². The number of carbonyl (C=O) groups is 1. The Kier molecular flexibility index (Phi) is 3.96. The Hall–Kier alpha value is -3.47. The summed E-state index contributed by atoms with van der Waals surface area (Å²) in [5, 5.41) is 3.03. The van der Waals surface area contributed by atoms with Gasteiger partial charge in [0.25, 0.3) is 5.91 Å². The first-order chi connectivity index (χ1) is 12.3. The molecule has 0 aliphatic carbocycles. The SMILES string of the molecule is O=C(NC(c1ccccc1)c1nc2ccccc2[nH]1)c1ccccn1. The second-order valence-electron chi connectivity index (χ2n) is 5.67. The van der Waals surface area contributed by atoms with Crippen LogP contribution in [0.15, 0.2) is 79.0 Å². The summed E-state index contributed by atoms with van der Waals surface area (Å²) in [6.07, 6.45) is 1.60. The molecule has 2 aromatic carbocycles. The Bertz CT molecular complexity index is 963. The predicted molar refractivity (Wildman–Crippen MR) is 96.1 cm³/mol. The number of nitrogens with one attached hydrogen (secondary N) is 2. The highest BCUT2D eigenvalue weighted by atomic mass is 16.1. The van der Waals surface area contributed by atoms with Gasteiger partial charge in [0.2, 0.25) is 0 Å². The molecule has 0 fully saturated rings. The van der Waals surface area contributed by atoms with Gasteiger partial charge in [0.15, 0.2) is 0 Å². The molecule has 5 heteroatoms. The van der Waals surface area contributed by atoms with E-state index in [4.69, 9.17) is 0 Å². The van der Waals surface area contributed by atoms with Gasteiger partial charge in [-0.25, -0.2) is 4.98 Å². The topological polar surface area (TPSA) is 70.7 Å². The summed E-state index contributed by atoms with van der Waals surface area (Å²) in [6.45, 7) is 0. The van der Waals surface area contributed by atoms with Crippen molar-refractivity contribution < 1.29 is 4.79 Å². The van der Waals surface area contributed by atoms with E-state index in [1.165, 1.54) is 0 Å². The van der Waals surface area contributed by atoms with E-state index in [1.807, 2.05) is 54.6 Å². The lowest BCUT2D eigenvalue weighted by atomic mass is 10.1. The fourth-order valence-electron chi connectivity index (χ4n) is 2.77. The van der Waals surface area contributed by atoms with Gasteiger partial charge in [-0.05, 0) is 29.8 Å². The minimum absolute atomic E-state index is 0.241. The number of H-pyrrole nitrogens is 1. The summed E-state index contributed by atoms with van der Waals surface area (Å²) in [7, 11) is 0. The summed E-state index contributed by atoms with van der Waals surface area (Å²) in [4.78, 5) is 24.7. The standard InChI is InChI=1S/C20H16N4O/c25-20(17-12-6-7-13-21-17)24-18(14-8-2-1-3-9-14)19-22-15-10-4-5-11-16(15)23-19/h1-13,18H,(H,22,23)(H,24,25). The molecule has 1 amide bonds. The monoisotopic (exact) mass is 328 g/mol. The van der Waals surface area contributed by atoms with Gasteiger partial charge in [0.05, 0.1) is 11.0 Å². The molecule has 1 atom stereocenters. The van der Waals surface area contributed by atoms with Gasteiger partial charge in [-0.1, -0.05) is 48.5 Å². The van der Waals surface area contributed by atoms with Crippen LogP contribution < -0.4 is 5.32 Å². The summed E-state index contributed by atoms with van der Waals surface area (Å²) in [5.74, 6) is 0.451. The summed E-state index contributed by atoms with van der Waals surface area (Å²) in [6, 6.07) is 22.4. The third-order valence-corrected chi connectivity index (χ3v) is 3.99. The van der Waals surface area contributed by atoms with Crippen LogP contribution in [-0.2, 0) is 0 Å². The zero-order valence-electron chi connectivity index (χ0n) is 13.4. The van der Waals surface area contributed by atoms with Crippen molar-refractivity contribution in [2.45, 2.75) is 6.04 Å². The maximum Gasteiger partial charge on any atom is 0.270 e. The third-order valence-electron chi connectivity index (χ3n) is 3.99. The highest BCUT2D eigenvalue weighted by Crippen LogP contribution is 2.22. The molecular weight excluding hydrogens is 312 g/mol. The van der Waals surface area contributed by atoms with Crippen LogP contribution in [0.3, 0.4) is 0 Å². The number of hydrogen-bond acceptors (Lipinski definition) is 3. The molecule has 25 heavy (non-hydrogen) atoms. The molecule has 0 aliphatic rings. The first kappa shape index (κ1) is 15.1. The Morgan fingerprint density at radius 3 is 2.44 bits per heavy atom. The molecule has 5 nitrogen and oxygen atoms in total. The summed E-state index contributed by atoms with van der Waals surface area (Å²) in [5.41, 5.74) is 3.13. The van der Waals surface area contributed by atoms with Gasteiger partial charge in [0.1, 0.15) is 17.6 Å². The van der Waals surface area contributed by atoms with Gasteiger partial charge in [-0.3, -0.25) is 9.78 Å². The maximum atomic E-state index is 12.6. The van der Waals surface area contributed by atoms with E-state index in [0.29, 0.717) is 11.5 Å². The van der Waals surface area contributed by atoms with Crippen LogP contribution in [0.4, 0.5) is 0 Å². The molecule has 2 heterocycles. The van der Waals surface area contributed by atoms with Crippen molar-refractivity contribution in [2.75, 3.05) is 0 Å². The molecule has 0 bridgehead atoms. The number of nitrogens with zero attached hydrogens (tertiary/aromatic N) is 2. The largest absolute Gasteiger partial charge is 0.340 e. The van der Waals surface area contributed by atoms with Crippen LogP contribution in [0.25, 0.3) is 11.0 Å². The molecule has 0 aliphatic heterocycles. The van der Waals surface area contributed by atoms with Crippen LogP contribution in [0.2, 0.25) is 0 Å². The number of para-hydroxylation sites is 2. The van der Waals surface area contributed by atoms with Gasteiger partial charge in [-0.15, -0.1) is 0 Å². The van der Waals surface area contributed by atoms with Crippen LogP contribution in [0.1, 0.15) is 27.9 Å². The Morgan fingerprint density at radius 2 is 1.68 bits per heavy atom. The van der Waals surface area contributed by atoms with E-state index in [1.54, 1.807) is 24.4 Å². The van der Waals surface area contributed by atoms with Crippen molar-refractivity contribution in [3.63, 3.8) is 0 Å². The lowest BCUT2D eigenvalue weighted by Gasteiger charge is -2.17. The fraction of sp³-hybridized carbons (Fsp3) is 0.0500. The smallest absolute Gasteiger partial charge is 0.270 e. The van der Waals surface area contributed by atoms with E-state index >= 15 is 0 Å². The number of carbonyl (C=O) groups excluding carboxylic acids is 1. The lowest BCUT2D eigenvalue weighted by molar-refractivity contribution is 0.0936. The molecule has 2 aromatic heterocycles. The average Bonchev–Trinajstić information content (AvgIpc) is 3.11. The normalized spacial score (nSPS) is 12.0. The molecule has 0 spiro atoms. The number of hydrogen-bond donors (Lipinski definition) is 2. The number of aromatic nitrogens is 3. The van der Waals surface area contributed by atoms with E-state index in [-0.39, 0.29) is 11.9 Å². The number of fused-ring (bicyclic) bond motifs is 1. The molecule has 4 rings (SSSR count). The minimum atomic E-state index is -0.386. The van der Waals surface area contributed by atoms with Crippen LogP contribution in [-0.4, -0.2) is 20.9 Å². The zero-order chi connectivity index (χ0) is 17.1. The number of amides is 1. The third kappa shape index (κ3) is 3.12. The molecule has 0 saturated heterocycles. The molecule has 4 aromatic rings. The van der Waals surface area contributed by atoms with Gasteiger partial charge >= 0.3 is 0 Å². The predicted octanol–water partition coefficient (Wildman–Crippen LogP) is 3.48. The second-order valence-corrected chi connectivity index (χ2v) is 5.67. The van der Waals surface area contributed by atoms with Crippen molar-refractivity contribution in [3.05, 3.63) is 96.1 Å². The average molecular weight is 328 g/mol. The molecule has 0 saturated carbocycles. The first-order valence-electron chi connectivity index (χ1n) is 8.03. The first-order valence-corrected chi connectivity index (χ1v) is 8.03. The Balaban J connectivity index is 1.73. The highest BCUT2D eigenvalue weighted by molar-refractivity contribution is 5.92. The summed E-state index contributed by atoms with van der Waals surface area (Å²) >= 11 is 0. The quantitative estimate of drug-likeness (QED) is 0.602. The summed E-state index contributed by atoms with van der Waals surface area (Å²) < 4.78 is 0. The van der Waals surface area contributed by atoms with Gasteiger partial charge in [-0.2, -0.15) is 0 Å². The van der Waals surface area contributed by atoms with Crippen LogP contribution >= 0.6 is 0 Å². The Morgan fingerprint density at radius 1 is 0.920 bits per heavy atom. The Labute approximate surface area is 144 Å². The number of pyridine rings is 1. The minimum Gasteiger partial charge on any atom is -0.340 e. The lowest BCUT2D eigenvalue weighted by Crippen LogP contribution is -2.30. The zero-order valence-corrected chi connectivity index (χ0v) is 13.4. The number of imidazole rings is 1. The van der Waals surface area contributed by atoms with Crippen LogP contribution in [0, 0.1) is 0 Å². The van der Waals surface area contributed by atoms with Crippen molar-refractivity contribution in [2.24, 2.45) is 0 Å². The molecular formula is C20H16N4O. The highest BCUT2D eigenvalue weighted by Gasteiger charge is 2.21. The second kappa shape index (κ2) is 6.57. The van der Waals surface area contributed by atoms with Gasteiger partial charge < -0.3 is 10.3 Å². The maximum absolute atomic E-state index is 12.6. The van der Waals surface area contributed by atoms with E-state index in [9.17, 15) is 4.79 Å². The van der Waals surface area contributed by atoms with Crippen molar-refractivity contribution in [3.8, 4) is 0 Å². The van der Waals surface area contributed by atoms with E-state index < -0.39 is 0 Å². The number of rotatable bonds is 4. The fourth-order valence-corrected chi connectivity index (χ4v) is 2.77. The van der Waals surface area contributed by atoms with Crippen LogP contribution in [0.5, 0.6) is 0 Å². The van der Waals surface area contributed by atoms with E-state index in [0.717, 1.165) is 16.6 Å². The molecule has 2 N–H and O–H groups in total. The van der Waals surface area contributed by atoms with E-state index in [2.05, 4.69) is 20.3 Å². The van der Waals surface area contributed by atoms with Gasteiger partial charge in [0, 0.05) is 6.20 Å². The number of benzene rings is 2. The molecule has 122 valence electrons. The van der Waals surface area contributed by atoms with Crippen molar-refractivity contribution >= 4 is 16.9 Å².